The fourth-order valence-electron chi connectivity index (χ4n) is 2.73. The van der Waals surface area contributed by atoms with Crippen LogP contribution in [0.4, 0.5) is 0 Å². The van der Waals surface area contributed by atoms with Crippen LogP contribution in [-0.4, -0.2) is 47.2 Å². The topological polar surface area (TPSA) is 135 Å². The average molecular weight is 421 g/mol. The number of aliphatic hydroxyl groups excluding tert-OH is 1. The summed E-state index contributed by atoms with van der Waals surface area (Å²) in [5.74, 6) is -0.637. The third kappa shape index (κ3) is 5.00. The molecule has 0 aliphatic carbocycles. The van der Waals surface area contributed by atoms with Crippen molar-refractivity contribution < 1.29 is 28.9 Å². The summed E-state index contributed by atoms with van der Waals surface area (Å²) in [6.45, 7) is 0.436. The second-order valence-corrected chi connectivity index (χ2v) is 6.41. The number of aromatic nitrogens is 2. The number of rotatable bonds is 8. The number of nitrogens with zero attached hydrogens (tertiary/aromatic N) is 2. The first-order valence-corrected chi connectivity index (χ1v) is 9.17. The molecule has 0 saturated carbocycles. The van der Waals surface area contributed by atoms with Gasteiger partial charge in [-0.3, -0.25) is 4.79 Å². The van der Waals surface area contributed by atoms with Crippen molar-refractivity contribution in [2.45, 2.75) is 6.92 Å². The summed E-state index contributed by atoms with van der Waals surface area (Å²) in [5, 5.41) is 19.6. The van der Waals surface area contributed by atoms with Crippen LogP contribution in [0.5, 0.6) is 11.5 Å². The summed E-state index contributed by atoms with van der Waals surface area (Å²) in [6.07, 6.45) is 0. The number of carbonyl (C=O) groups is 2. The second-order valence-electron chi connectivity index (χ2n) is 6.41. The molecule has 3 aromatic rings. The number of allylic oxidation sites excluding steroid dienone is 1. The van der Waals surface area contributed by atoms with E-state index in [1.807, 2.05) is 12.1 Å². The number of Topliss-reactive ketones (excluding diaryl/α,β-unsaturated/α-hetero) is 1. The highest BCUT2D eigenvalue weighted by molar-refractivity contribution is 5.94. The number of para-hydroxylation sites is 2. The van der Waals surface area contributed by atoms with Gasteiger partial charge in [0.2, 0.25) is 0 Å². The number of nitrogens with one attached hydrogen (secondary N) is 1. The predicted octanol–water partition coefficient (Wildman–Crippen LogP) is 3.19. The Morgan fingerprint density at radius 2 is 1.94 bits per heavy atom. The van der Waals surface area contributed by atoms with Gasteiger partial charge >= 0.3 is 5.97 Å². The zero-order chi connectivity index (χ0) is 22.4. The third-order valence-electron chi connectivity index (χ3n) is 4.31. The highest BCUT2D eigenvalue weighted by atomic mass is 16.6. The number of benzene rings is 2. The lowest BCUT2D eigenvalue weighted by molar-refractivity contribution is -0.145. The number of aromatic amines is 1. The van der Waals surface area contributed by atoms with Crippen molar-refractivity contribution in [3.63, 3.8) is 0 Å². The van der Waals surface area contributed by atoms with Crippen molar-refractivity contribution in [2.24, 2.45) is 0 Å². The van der Waals surface area contributed by atoms with Crippen LogP contribution in [0.15, 0.2) is 48.2 Å². The minimum atomic E-state index is -0.772. The molecule has 0 bridgehead atoms. The lowest BCUT2D eigenvalue weighted by atomic mass is 10.1. The Bertz CT molecular complexity index is 1170. The SMILES string of the molecule is COc1cc(C(C)=O)ccc1OCC(=O)OCC(O)=C(C#N)c1nc2ccccc2[nH]1. The van der Waals surface area contributed by atoms with Gasteiger partial charge < -0.3 is 24.3 Å². The van der Waals surface area contributed by atoms with Gasteiger partial charge in [-0.2, -0.15) is 5.26 Å². The number of H-pyrrole nitrogens is 1. The lowest BCUT2D eigenvalue weighted by Gasteiger charge is -2.11. The zero-order valence-electron chi connectivity index (χ0n) is 16.8. The lowest BCUT2D eigenvalue weighted by Crippen LogP contribution is -2.17. The monoisotopic (exact) mass is 421 g/mol. The van der Waals surface area contributed by atoms with Crippen LogP contribution < -0.4 is 9.47 Å². The molecule has 0 aliphatic rings. The van der Waals surface area contributed by atoms with Crippen LogP contribution in [0.1, 0.15) is 23.1 Å². The molecule has 0 amide bonds. The van der Waals surface area contributed by atoms with Gasteiger partial charge in [0.1, 0.15) is 18.2 Å². The van der Waals surface area contributed by atoms with Gasteiger partial charge in [0.05, 0.1) is 18.1 Å². The van der Waals surface area contributed by atoms with Gasteiger partial charge in [0.15, 0.2) is 35.5 Å². The van der Waals surface area contributed by atoms with Crippen LogP contribution in [0.2, 0.25) is 0 Å². The number of hydrogen-bond donors (Lipinski definition) is 2. The zero-order valence-corrected chi connectivity index (χ0v) is 16.8. The van der Waals surface area contributed by atoms with Crippen molar-refractivity contribution in [1.29, 1.82) is 5.26 Å². The quantitative estimate of drug-likeness (QED) is 0.245. The van der Waals surface area contributed by atoms with Crippen LogP contribution in [0.3, 0.4) is 0 Å². The molecule has 3 rings (SSSR count). The molecule has 0 aliphatic heterocycles. The molecule has 0 fully saturated rings. The molecule has 1 aromatic heterocycles. The number of hydrogen-bond acceptors (Lipinski definition) is 8. The third-order valence-corrected chi connectivity index (χ3v) is 4.31. The van der Waals surface area contributed by atoms with E-state index in [0.29, 0.717) is 22.3 Å². The van der Waals surface area contributed by atoms with E-state index in [1.165, 1.54) is 26.2 Å². The maximum Gasteiger partial charge on any atom is 0.344 e. The molecule has 9 nitrogen and oxygen atoms in total. The van der Waals surface area contributed by atoms with Crippen LogP contribution in [0, 0.1) is 11.3 Å². The van der Waals surface area contributed by atoms with E-state index >= 15 is 0 Å². The van der Waals surface area contributed by atoms with Gasteiger partial charge in [-0.25, -0.2) is 9.78 Å². The Labute approximate surface area is 177 Å². The Hall–Kier alpha value is -4.32. The first kappa shape index (κ1) is 21.4. The van der Waals surface area contributed by atoms with Gasteiger partial charge in [-0.1, -0.05) is 12.1 Å². The summed E-state index contributed by atoms with van der Waals surface area (Å²) >= 11 is 0. The van der Waals surface area contributed by atoms with E-state index in [9.17, 15) is 20.0 Å². The molecule has 0 saturated heterocycles. The molecule has 0 atom stereocenters. The minimum absolute atomic E-state index is 0.133. The largest absolute Gasteiger partial charge is 0.507 e. The molecule has 2 N–H and O–H groups in total. The molecule has 158 valence electrons. The van der Waals surface area contributed by atoms with Gasteiger partial charge in [-0.05, 0) is 37.3 Å². The first-order chi connectivity index (χ1) is 14.9. The maximum atomic E-state index is 12.0. The fourth-order valence-corrected chi connectivity index (χ4v) is 2.73. The molecule has 1 heterocycles. The van der Waals surface area contributed by atoms with Crippen LogP contribution in [-0.2, 0) is 9.53 Å². The molecule has 31 heavy (non-hydrogen) atoms. The number of ether oxygens (including phenoxy) is 3. The number of methoxy groups -OCH3 is 1. The summed E-state index contributed by atoms with van der Waals surface area (Å²) in [4.78, 5) is 30.6. The van der Waals surface area contributed by atoms with Crippen LogP contribution in [0.25, 0.3) is 16.6 Å². The summed E-state index contributed by atoms with van der Waals surface area (Å²) in [5.41, 5.74) is 1.64. The average Bonchev–Trinajstić information content (AvgIpc) is 3.20. The van der Waals surface area contributed by atoms with Gasteiger partial charge in [-0.15, -0.1) is 0 Å². The Morgan fingerprint density at radius 1 is 1.16 bits per heavy atom. The van der Waals surface area contributed by atoms with Gasteiger partial charge in [0, 0.05) is 5.56 Å². The smallest absolute Gasteiger partial charge is 0.344 e. The highest BCUT2D eigenvalue weighted by Crippen LogP contribution is 2.28. The molecular weight excluding hydrogens is 402 g/mol. The number of esters is 1. The van der Waals surface area contributed by atoms with E-state index in [2.05, 4.69) is 9.97 Å². The fraction of sp³-hybridized carbons (Fsp3) is 0.182. The summed E-state index contributed by atoms with van der Waals surface area (Å²) < 4.78 is 15.5. The number of imidazole rings is 1. The van der Waals surface area contributed by atoms with E-state index in [1.54, 1.807) is 24.3 Å². The molecule has 9 heteroatoms. The molecule has 0 spiro atoms. The molecule has 2 aromatic carbocycles. The molecule has 0 unspecified atom stereocenters. The van der Waals surface area contributed by atoms with E-state index in [4.69, 9.17) is 14.2 Å². The van der Waals surface area contributed by atoms with Gasteiger partial charge in [0.25, 0.3) is 0 Å². The molecular formula is C22H19N3O6. The highest BCUT2D eigenvalue weighted by Gasteiger charge is 2.16. The van der Waals surface area contributed by atoms with E-state index < -0.39 is 24.9 Å². The Morgan fingerprint density at radius 3 is 2.61 bits per heavy atom. The normalized spacial score (nSPS) is 11.4. The number of carbonyl (C=O) groups excluding carboxylic acids is 2. The first-order valence-electron chi connectivity index (χ1n) is 9.17. The second kappa shape index (κ2) is 9.45. The van der Waals surface area contributed by atoms with Crippen LogP contribution >= 0.6 is 0 Å². The van der Waals surface area contributed by atoms with Crippen molar-refractivity contribution in [3.05, 3.63) is 59.6 Å². The van der Waals surface area contributed by atoms with E-state index in [-0.39, 0.29) is 22.9 Å². The number of nitriles is 1. The van der Waals surface area contributed by atoms with Crippen molar-refractivity contribution in [2.75, 3.05) is 20.3 Å². The summed E-state index contributed by atoms with van der Waals surface area (Å²) in [6, 6.07) is 13.6. The Balaban J connectivity index is 1.63. The standard InChI is InChI=1S/C22H19N3O6/c1-13(26)14-7-8-19(20(9-14)29-2)30-12-21(28)31-11-18(27)15(10-23)22-24-16-5-3-4-6-17(16)25-22/h3-9,27H,11-12H2,1-2H3,(H,24,25). The van der Waals surface area contributed by atoms with Crippen molar-refractivity contribution in [3.8, 4) is 17.6 Å². The van der Waals surface area contributed by atoms with Crippen molar-refractivity contribution in [1.82, 2.24) is 9.97 Å². The van der Waals surface area contributed by atoms with Crippen molar-refractivity contribution >= 4 is 28.4 Å². The number of fused-ring (bicyclic) bond motifs is 1. The maximum absolute atomic E-state index is 12.0. The number of aliphatic hydroxyl groups is 1. The predicted molar refractivity (Wildman–Crippen MR) is 111 cm³/mol. The van der Waals surface area contributed by atoms with E-state index in [0.717, 1.165) is 0 Å². The summed E-state index contributed by atoms with van der Waals surface area (Å²) in [7, 11) is 1.41. The Kier molecular flexibility index (Phi) is 6.52. The minimum Gasteiger partial charge on any atom is -0.507 e. The number of ketones is 1. The molecule has 0 radical (unpaired) electrons.